The zero-order valence-corrected chi connectivity index (χ0v) is 14.3. The summed E-state index contributed by atoms with van der Waals surface area (Å²) in [6.07, 6.45) is 11.7. The summed E-state index contributed by atoms with van der Waals surface area (Å²) < 4.78 is 0. The summed E-state index contributed by atoms with van der Waals surface area (Å²) in [5, 5.41) is 5.83. The van der Waals surface area contributed by atoms with E-state index in [0.29, 0.717) is 5.56 Å². The lowest BCUT2D eigenvalue weighted by Crippen LogP contribution is -2.23. The van der Waals surface area contributed by atoms with Gasteiger partial charge in [0.25, 0.3) is 5.91 Å². The van der Waals surface area contributed by atoms with Crippen LogP contribution in [-0.4, -0.2) is 11.8 Å². The average molecular weight is 334 g/mol. The molecule has 0 atom stereocenters. The molecular weight excluding hydrogens is 312 g/mol. The molecule has 128 valence electrons. The molecule has 0 saturated carbocycles. The van der Waals surface area contributed by atoms with Gasteiger partial charge in [0.15, 0.2) is 0 Å². The van der Waals surface area contributed by atoms with Crippen LogP contribution in [0.3, 0.4) is 0 Å². The maximum atomic E-state index is 12.2. The number of carbonyl (C=O) groups excluding carboxylic acids is 2. The molecule has 0 heterocycles. The first-order valence-electron chi connectivity index (χ1n) is 8.55. The average Bonchev–Trinajstić information content (AvgIpc) is 2.63. The number of hydrogen-bond acceptors (Lipinski definition) is 2. The second-order valence-electron chi connectivity index (χ2n) is 6.27. The number of allylic oxidation sites excluding steroid dienone is 8. The first kappa shape index (κ1) is 17.0. The number of amides is 2. The quantitative estimate of drug-likeness (QED) is 0.881. The highest BCUT2D eigenvalue weighted by atomic mass is 16.2. The molecule has 2 aliphatic carbocycles. The number of carbonyl (C=O) groups is 2. The summed E-state index contributed by atoms with van der Waals surface area (Å²) in [4.78, 5) is 23.3. The zero-order valence-electron chi connectivity index (χ0n) is 14.3. The molecule has 0 spiro atoms. The third-order valence-corrected chi connectivity index (χ3v) is 4.36. The van der Waals surface area contributed by atoms with E-state index >= 15 is 0 Å². The molecule has 0 unspecified atom stereocenters. The van der Waals surface area contributed by atoms with E-state index in [0.717, 1.165) is 37.1 Å². The Labute approximate surface area is 148 Å². The van der Waals surface area contributed by atoms with Crippen LogP contribution in [0.2, 0.25) is 0 Å². The molecule has 0 fully saturated rings. The Morgan fingerprint density at radius 3 is 1.80 bits per heavy atom. The fourth-order valence-electron chi connectivity index (χ4n) is 3.05. The van der Waals surface area contributed by atoms with Crippen LogP contribution in [0.25, 0.3) is 0 Å². The van der Waals surface area contributed by atoms with E-state index in [1.807, 2.05) is 42.5 Å². The molecule has 1 aromatic carbocycles. The van der Waals surface area contributed by atoms with E-state index in [1.165, 1.54) is 18.1 Å². The molecule has 4 nitrogen and oxygen atoms in total. The monoisotopic (exact) mass is 334 g/mol. The second-order valence-corrected chi connectivity index (χ2v) is 6.27. The first-order chi connectivity index (χ1) is 12.1. The molecule has 4 heteroatoms. The van der Waals surface area contributed by atoms with Crippen molar-refractivity contribution in [2.75, 3.05) is 0 Å². The van der Waals surface area contributed by atoms with Crippen LogP contribution in [0.1, 0.15) is 43.0 Å². The largest absolute Gasteiger partial charge is 0.330 e. The minimum absolute atomic E-state index is 0.0262. The topological polar surface area (TPSA) is 58.2 Å². The van der Waals surface area contributed by atoms with Gasteiger partial charge in [-0.05, 0) is 61.1 Å². The number of hydrogen-bond donors (Lipinski definition) is 2. The third-order valence-electron chi connectivity index (χ3n) is 4.36. The van der Waals surface area contributed by atoms with Crippen molar-refractivity contribution < 1.29 is 9.59 Å². The predicted molar refractivity (Wildman–Crippen MR) is 98.5 cm³/mol. The van der Waals surface area contributed by atoms with E-state index in [1.54, 1.807) is 0 Å². The van der Waals surface area contributed by atoms with Crippen LogP contribution in [-0.2, 0) is 4.79 Å². The van der Waals surface area contributed by atoms with Crippen LogP contribution < -0.4 is 10.6 Å². The van der Waals surface area contributed by atoms with Crippen LogP contribution in [0, 0.1) is 0 Å². The Hall–Kier alpha value is -2.88. The molecule has 3 rings (SSSR count). The normalized spacial score (nSPS) is 16.8. The molecule has 0 aromatic heterocycles. The molecule has 2 aliphatic rings. The van der Waals surface area contributed by atoms with E-state index in [9.17, 15) is 9.59 Å². The van der Waals surface area contributed by atoms with Gasteiger partial charge in [-0.1, -0.05) is 30.4 Å². The summed E-state index contributed by atoms with van der Waals surface area (Å²) in [5.41, 5.74) is 5.20. The lowest BCUT2D eigenvalue weighted by molar-refractivity contribution is -0.118. The summed E-state index contributed by atoms with van der Waals surface area (Å²) in [6, 6.07) is 9.24. The van der Waals surface area contributed by atoms with Gasteiger partial charge < -0.3 is 10.6 Å². The van der Waals surface area contributed by atoms with Crippen molar-refractivity contribution >= 4 is 11.8 Å². The highest BCUT2D eigenvalue weighted by molar-refractivity contribution is 5.95. The molecule has 2 N–H and O–H groups in total. The minimum atomic E-state index is -0.0662. The van der Waals surface area contributed by atoms with Crippen LogP contribution >= 0.6 is 0 Å². The van der Waals surface area contributed by atoms with Crippen molar-refractivity contribution in [2.24, 2.45) is 0 Å². The van der Waals surface area contributed by atoms with E-state index < -0.39 is 0 Å². The fraction of sp³-hybridized carbons (Fsp3) is 0.238. The standard InChI is InChI=1S/C21H22N2O2/c1-15(24)22-19-11-7-16(8-12-19)17-9-13-20(14-10-17)23-21(25)18-5-3-2-4-6-18/h2-7,9,11,13H,8,10,12,14H2,1H3,(H,22,24)(H,23,25). The fourth-order valence-corrected chi connectivity index (χ4v) is 3.05. The Morgan fingerprint density at radius 1 is 0.760 bits per heavy atom. The van der Waals surface area contributed by atoms with Crippen molar-refractivity contribution in [3.05, 3.63) is 82.7 Å². The maximum Gasteiger partial charge on any atom is 0.255 e. The second kappa shape index (κ2) is 7.79. The number of benzene rings is 1. The Balaban J connectivity index is 1.63. The molecule has 0 aliphatic heterocycles. The van der Waals surface area contributed by atoms with Crippen LogP contribution in [0.5, 0.6) is 0 Å². The van der Waals surface area contributed by atoms with E-state index in [2.05, 4.69) is 22.8 Å². The van der Waals surface area contributed by atoms with Gasteiger partial charge in [-0.3, -0.25) is 9.59 Å². The molecule has 0 radical (unpaired) electrons. The van der Waals surface area contributed by atoms with Crippen LogP contribution in [0.15, 0.2) is 77.2 Å². The maximum absolute atomic E-state index is 12.2. The molecule has 0 saturated heterocycles. The van der Waals surface area contributed by atoms with Gasteiger partial charge in [0.2, 0.25) is 5.91 Å². The summed E-state index contributed by atoms with van der Waals surface area (Å²) in [6.45, 7) is 1.53. The van der Waals surface area contributed by atoms with E-state index in [-0.39, 0.29) is 11.8 Å². The predicted octanol–water partition coefficient (Wildman–Crippen LogP) is 3.76. The Bertz CT molecular complexity index is 798. The molecule has 1 aromatic rings. The molecule has 25 heavy (non-hydrogen) atoms. The Kier molecular flexibility index (Phi) is 5.29. The lowest BCUT2D eigenvalue weighted by Gasteiger charge is -2.20. The van der Waals surface area contributed by atoms with Gasteiger partial charge in [0.05, 0.1) is 0 Å². The number of rotatable bonds is 4. The van der Waals surface area contributed by atoms with Crippen molar-refractivity contribution in [1.29, 1.82) is 0 Å². The summed E-state index contributed by atoms with van der Waals surface area (Å²) in [5.74, 6) is -0.0924. The van der Waals surface area contributed by atoms with Gasteiger partial charge in [-0.25, -0.2) is 0 Å². The number of nitrogens with one attached hydrogen (secondary N) is 2. The van der Waals surface area contributed by atoms with Crippen molar-refractivity contribution in [3.8, 4) is 0 Å². The molecule has 2 amide bonds. The first-order valence-corrected chi connectivity index (χ1v) is 8.55. The molecule has 0 bridgehead atoms. The minimum Gasteiger partial charge on any atom is -0.330 e. The van der Waals surface area contributed by atoms with Gasteiger partial charge >= 0.3 is 0 Å². The van der Waals surface area contributed by atoms with Gasteiger partial charge in [0, 0.05) is 23.9 Å². The lowest BCUT2D eigenvalue weighted by atomic mass is 9.90. The highest BCUT2D eigenvalue weighted by Gasteiger charge is 2.15. The summed E-state index contributed by atoms with van der Waals surface area (Å²) in [7, 11) is 0. The van der Waals surface area contributed by atoms with Gasteiger partial charge in [-0.2, -0.15) is 0 Å². The summed E-state index contributed by atoms with van der Waals surface area (Å²) >= 11 is 0. The van der Waals surface area contributed by atoms with Crippen molar-refractivity contribution in [2.45, 2.75) is 32.6 Å². The van der Waals surface area contributed by atoms with Crippen molar-refractivity contribution in [1.82, 2.24) is 10.6 Å². The zero-order chi connectivity index (χ0) is 17.6. The van der Waals surface area contributed by atoms with Gasteiger partial charge in [0.1, 0.15) is 0 Å². The van der Waals surface area contributed by atoms with Crippen LogP contribution in [0.4, 0.5) is 0 Å². The highest BCUT2D eigenvalue weighted by Crippen LogP contribution is 2.29. The molecular formula is C21H22N2O2. The third kappa shape index (κ3) is 4.57. The van der Waals surface area contributed by atoms with Crippen molar-refractivity contribution in [3.63, 3.8) is 0 Å². The van der Waals surface area contributed by atoms with E-state index in [4.69, 9.17) is 0 Å². The SMILES string of the molecule is CC(=O)NC1=CC=C(C2=CC=C(NC(=O)c3ccccc3)CC2)CC1. The smallest absolute Gasteiger partial charge is 0.255 e. The Morgan fingerprint density at radius 2 is 1.32 bits per heavy atom. The van der Waals surface area contributed by atoms with Gasteiger partial charge in [-0.15, -0.1) is 0 Å².